The highest BCUT2D eigenvalue weighted by molar-refractivity contribution is 5.77. The first-order valence-corrected chi connectivity index (χ1v) is 7.32. The van der Waals surface area contributed by atoms with Gasteiger partial charge in [-0.25, -0.2) is 0 Å². The lowest BCUT2D eigenvalue weighted by Crippen LogP contribution is -2.41. The maximum absolute atomic E-state index is 11.5. The average Bonchev–Trinajstić information content (AvgIpc) is 2.41. The van der Waals surface area contributed by atoms with Crippen LogP contribution >= 0.6 is 0 Å². The Morgan fingerprint density at radius 1 is 1.40 bits per heavy atom. The summed E-state index contributed by atoms with van der Waals surface area (Å²) in [5.41, 5.74) is 1.56. The number of para-hydroxylation sites is 1. The molecular formula is C15H23N3O2. The highest BCUT2D eigenvalue weighted by atomic mass is 16.6. The molecule has 2 atom stereocenters. The predicted molar refractivity (Wildman–Crippen MR) is 82.5 cm³/mol. The number of anilines is 2. The summed E-state index contributed by atoms with van der Waals surface area (Å²) < 4.78 is 0. The third kappa shape index (κ3) is 2.86. The molecule has 0 saturated carbocycles. The minimum Gasteiger partial charge on any atom is -0.380 e. The topological polar surface area (TPSA) is 58.4 Å². The summed E-state index contributed by atoms with van der Waals surface area (Å²) >= 11 is 0. The average molecular weight is 277 g/mol. The van der Waals surface area contributed by atoms with Crippen molar-refractivity contribution in [2.24, 2.45) is 5.92 Å². The molecule has 1 aromatic rings. The lowest BCUT2D eigenvalue weighted by atomic mass is 9.94. The molecule has 20 heavy (non-hydrogen) atoms. The smallest absolute Gasteiger partial charge is 0.315 e. The first-order chi connectivity index (χ1) is 9.54. The van der Waals surface area contributed by atoms with Crippen molar-refractivity contribution in [3.8, 4) is 0 Å². The van der Waals surface area contributed by atoms with Gasteiger partial charge in [0.25, 0.3) is 0 Å². The Hall–Kier alpha value is -1.78. The summed E-state index contributed by atoms with van der Waals surface area (Å²) in [6, 6.07) is 5.89. The van der Waals surface area contributed by atoms with Crippen molar-refractivity contribution in [1.29, 1.82) is 0 Å². The van der Waals surface area contributed by atoms with Crippen LogP contribution in [0.1, 0.15) is 33.6 Å². The third-order valence-corrected chi connectivity index (χ3v) is 3.99. The van der Waals surface area contributed by atoms with Crippen molar-refractivity contribution < 1.29 is 4.92 Å². The standard InChI is InChI=1S/C15H23N3O2/c1-4-16-13-6-5-7-14(15(13)18(19)20)17-10-11(2)8-9-12(17)3/h5-7,11-12,16H,4,8-10H2,1-3H3. The van der Waals surface area contributed by atoms with Gasteiger partial charge in [-0.15, -0.1) is 0 Å². The molecule has 1 aliphatic rings. The Kier molecular flexibility index (Phi) is 4.47. The zero-order valence-corrected chi connectivity index (χ0v) is 12.4. The van der Waals surface area contributed by atoms with Crippen LogP contribution in [0, 0.1) is 16.0 Å². The molecule has 0 aliphatic carbocycles. The SMILES string of the molecule is CCNc1cccc(N2CC(C)CCC2C)c1[N+](=O)[O-]. The molecule has 5 heteroatoms. The van der Waals surface area contributed by atoms with Crippen molar-refractivity contribution in [3.63, 3.8) is 0 Å². The van der Waals surface area contributed by atoms with E-state index in [4.69, 9.17) is 0 Å². The summed E-state index contributed by atoms with van der Waals surface area (Å²) in [6.45, 7) is 7.87. The van der Waals surface area contributed by atoms with E-state index < -0.39 is 0 Å². The third-order valence-electron chi connectivity index (χ3n) is 3.99. The van der Waals surface area contributed by atoms with Crippen LogP contribution in [-0.2, 0) is 0 Å². The van der Waals surface area contributed by atoms with E-state index in [-0.39, 0.29) is 10.6 Å². The predicted octanol–water partition coefficient (Wildman–Crippen LogP) is 3.65. The van der Waals surface area contributed by atoms with Crippen molar-refractivity contribution >= 4 is 17.1 Å². The van der Waals surface area contributed by atoms with Crippen LogP contribution in [-0.4, -0.2) is 24.1 Å². The minimum absolute atomic E-state index is 0.204. The molecule has 1 N–H and O–H groups in total. The van der Waals surface area contributed by atoms with Gasteiger partial charge in [0.2, 0.25) is 0 Å². The zero-order valence-electron chi connectivity index (χ0n) is 12.4. The molecule has 0 amide bonds. The number of rotatable bonds is 4. The maximum Gasteiger partial charge on any atom is 0.315 e. The van der Waals surface area contributed by atoms with Gasteiger partial charge in [0, 0.05) is 19.1 Å². The van der Waals surface area contributed by atoms with E-state index in [9.17, 15) is 10.1 Å². The number of nitro benzene ring substituents is 1. The lowest BCUT2D eigenvalue weighted by molar-refractivity contribution is -0.383. The largest absolute Gasteiger partial charge is 0.380 e. The van der Waals surface area contributed by atoms with Crippen molar-refractivity contribution in [2.75, 3.05) is 23.3 Å². The lowest BCUT2D eigenvalue weighted by Gasteiger charge is -2.38. The van der Waals surface area contributed by atoms with Gasteiger partial charge >= 0.3 is 5.69 Å². The molecule has 0 aromatic heterocycles. The van der Waals surface area contributed by atoms with Crippen LogP contribution < -0.4 is 10.2 Å². The molecule has 1 aromatic carbocycles. The Morgan fingerprint density at radius 3 is 2.80 bits per heavy atom. The van der Waals surface area contributed by atoms with E-state index >= 15 is 0 Å². The number of benzene rings is 1. The summed E-state index contributed by atoms with van der Waals surface area (Å²) in [4.78, 5) is 13.4. The molecule has 0 radical (unpaired) electrons. The first-order valence-electron chi connectivity index (χ1n) is 7.32. The molecule has 1 aliphatic heterocycles. The van der Waals surface area contributed by atoms with E-state index in [1.54, 1.807) is 6.07 Å². The Bertz CT molecular complexity index is 490. The first kappa shape index (κ1) is 14.6. The second kappa shape index (κ2) is 6.11. The number of nitrogens with one attached hydrogen (secondary N) is 1. The van der Waals surface area contributed by atoms with Gasteiger partial charge < -0.3 is 10.2 Å². The van der Waals surface area contributed by atoms with Crippen molar-refractivity contribution in [2.45, 2.75) is 39.7 Å². The zero-order chi connectivity index (χ0) is 14.7. The van der Waals surface area contributed by atoms with Crippen LogP contribution in [0.3, 0.4) is 0 Å². The summed E-state index contributed by atoms with van der Waals surface area (Å²) in [7, 11) is 0. The molecular weight excluding hydrogens is 254 g/mol. The Labute approximate surface area is 120 Å². The maximum atomic E-state index is 11.5. The van der Waals surface area contributed by atoms with Gasteiger partial charge in [0.15, 0.2) is 0 Å². The van der Waals surface area contributed by atoms with Crippen LogP contribution in [0.25, 0.3) is 0 Å². The van der Waals surface area contributed by atoms with E-state index in [1.165, 1.54) is 6.42 Å². The Balaban J connectivity index is 2.44. The second-order valence-corrected chi connectivity index (χ2v) is 5.64. The molecule has 1 saturated heterocycles. The quantitative estimate of drug-likeness (QED) is 0.674. The van der Waals surface area contributed by atoms with Gasteiger partial charge in [-0.1, -0.05) is 13.0 Å². The minimum atomic E-state index is -0.265. The summed E-state index contributed by atoms with van der Waals surface area (Å²) in [5.74, 6) is 0.577. The number of hydrogen-bond donors (Lipinski definition) is 1. The van der Waals surface area contributed by atoms with Crippen molar-refractivity contribution in [1.82, 2.24) is 0 Å². The highest BCUT2D eigenvalue weighted by Gasteiger charge is 2.30. The highest BCUT2D eigenvalue weighted by Crippen LogP contribution is 2.38. The second-order valence-electron chi connectivity index (χ2n) is 5.64. The van der Waals surface area contributed by atoms with Crippen LogP contribution in [0.15, 0.2) is 18.2 Å². The van der Waals surface area contributed by atoms with E-state index in [2.05, 4.69) is 24.1 Å². The normalized spacial score (nSPS) is 22.6. The monoisotopic (exact) mass is 277 g/mol. The number of piperidine rings is 1. The fourth-order valence-corrected chi connectivity index (χ4v) is 2.91. The molecule has 0 bridgehead atoms. The van der Waals surface area contributed by atoms with Gasteiger partial charge in [0.1, 0.15) is 11.4 Å². The molecule has 5 nitrogen and oxygen atoms in total. The summed E-state index contributed by atoms with van der Waals surface area (Å²) in [5, 5.41) is 14.6. The molecule has 2 rings (SSSR count). The molecule has 1 fully saturated rings. The number of hydrogen-bond acceptors (Lipinski definition) is 4. The van der Waals surface area contributed by atoms with E-state index in [0.29, 0.717) is 24.2 Å². The Morgan fingerprint density at radius 2 is 2.15 bits per heavy atom. The number of nitro groups is 1. The fraction of sp³-hybridized carbons (Fsp3) is 0.600. The molecule has 0 spiro atoms. The van der Waals surface area contributed by atoms with Gasteiger partial charge in [-0.2, -0.15) is 0 Å². The van der Waals surface area contributed by atoms with Gasteiger partial charge in [-0.05, 0) is 44.7 Å². The van der Waals surface area contributed by atoms with Crippen LogP contribution in [0.5, 0.6) is 0 Å². The number of nitrogens with zero attached hydrogens (tertiary/aromatic N) is 2. The van der Waals surface area contributed by atoms with Crippen LogP contribution in [0.2, 0.25) is 0 Å². The summed E-state index contributed by atoms with van der Waals surface area (Å²) in [6.07, 6.45) is 2.28. The molecule has 1 heterocycles. The van der Waals surface area contributed by atoms with E-state index in [1.807, 2.05) is 19.1 Å². The van der Waals surface area contributed by atoms with E-state index in [0.717, 1.165) is 18.7 Å². The molecule has 2 unspecified atom stereocenters. The van der Waals surface area contributed by atoms with Gasteiger partial charge in [-0.3, -0.25) is 10.1 Å². The molecule has 110 valence electrons. The van der Waals surface area contributed by atoms with Gasteiger partial charge in [0.05, 0.1) is 4.92 Å². The van der Waals surface area contributed by atoms with Crippen molar-refractivity contribution in [3.05, 3.63) is 28.3 Å². The van der Waals surface area contributed by atoms with Crippen LogP contribution in [0.4, 0.5) is 17.1 Å². The fourth-order valence-electron chi connectivity index (χ4n) is 2.91.